The largest absolute Gasteiger partial charge is 0.501 e. The topological polar surface area (TPSA) is 38.9 Å². The van der Waals surface area contributed by atoms with Crippen molar-refractivity contribution in [2.24, 2.45) is 11.8 Å². The van der Waals surface area contributed by atoms with Crippen LogP contribution in [0, 0.1) is 24.0 Å². The average Bonchev–Trinajstić information content (AvgIpc) is 3.47. The fourth-order valence-corrected chi connectivity index (χ4v) is 8.02. The Labute approximate surface area is 312 Å². The van der Waals surface area contributed by atoms with Crippen LogP contribution in [-0.4, -0.2) is 18.0 Å². The zero-order valence-corrected chi connectivity index (χ0v) is 33.6. The van der Waals surface area contributed by atoms with Crippen LogP contribution in [0.2, 0.25) is 19.6 Å². The quantitative estimate of drug-likeness (QED) is 0.113. The van der Waals surface area contributed by atoms with Crippen LogP contribution in [0.1, 0.15) is 38.8 Å². The number of fused-ring (bicyclic) bond motifs is 3. The Balaban J connectivity index is 0.000000204. The summed E-state index contributed by atoms with van der Waals surface area (Å²) in [6.07, 6.45) is 6.16. The summed E-state index contributed by atoms with van der Waals surface area (Å²) in [5.74, 6) is 1.27. The summed E-state index contributed by atoms with van der Waals surface area (Å²) in [5, 5.41) is 3.71. The first kappa shape index (κ1) is 37.1. The molecule has 0 unspecified atom stereocenters. The van der Waals surface area contributed by atoms with Crippen LogP contribution >= 0.6 is 0 Å². The molecule has 0 bridgehead atoms. The minimum atomic E-state index is -1.34. The molecule has 0 aliphatic carbocycles. The zero-order valence-electron chi connectivity index (χ0n) is 30.2. The number of rotatable bonds is 8. The second-order valence-electron chi connectivity index (χ2n) is 14.8. The second-order valence-corrected chi connectivity index (χ2v) is 19.8. The predicted octanol–water partition coefficient (Wildman–Crippen LogP) is 11.6. The van der Waals surface area contributed by atoms with Gasteiger partial charge in [0.15, 0.2) is 0 Å². The van der Waals surface area contributed by atoms with Gasteiger partial charge in [0, 0.05) is 37.9 Å². The van der Waals surface area contributed by atoms with Gasteiger partial charge in [0.25, 0.3) is 0 Å². The van der Waals surface area contributed by atoms with E-state index >= 15 is 0 Å². The van der Waals surface area contributed by atoms with E-state index in [1.807, 2.05) is 36.5 Å². The van der Waals surface area contributed by atoms with Crippen LogP contribution in [0.5, 0.6) is 0 Å². The number of aromatic nitrogens is 2. The van der Waals surface area contributed by atoms with Gasteiger partial charge in [-0.1, -0.05) is 124 Å². The summed E-state index contributed by atoms with van der Waals surface area (Å²) in [4.78, 5) is 9.30. The molecular weight excluding hydrogens is 805 g/mol. The summed E-state index contributed by atoms with van der Waals surface area (Å²) in [6.45, 7) is 16.2. The number of benzene rings is 4. The fraction of sp³-hybridized carbons (Fsp3) is 0.244. The maximum Gasteiger partial charge on any atom is 0.121 e. The Morgan fingerprint density at radius 3 is 2.14 bits per heavy atom. The Bertz CT molecular complexity index is 2170. The van der Waals surface area contributed by atoms with Crippen molar-refractivity contribution >= 4 is 35.2 Å². The molecule has 0 spiro atoms. The van der Waals surface area contributed by atoms with Crippen LogP contribution in [0.4, 0.5) is 0 Å². The molecule has 0 aliphatic heterocycles. The number of nitrogens with zero attached hydrogens (tertiary/aromatic N) is 2. The maximum atomic E-state index is 6.35. The number of pyridine rings is 2. The molecule has 0 saturated heterocycles. The zero-order chi connectivity index (χ0) is 34.5. The molecule has 0 fully saturated rings. The van der Waals surface area contributed by atoms with Crippen molar-refractivity contribution in [2.75, 3.05) is 0 Å². The van der Waals surface area contributed by atoms with Crippen molar-refractivity contribution in [3.63, 3.8) is 0 Å². The molecule has 257 valence electrons. The molecule has 7 aromatic rings. The molecule has 7 rings (SSSR count). The molecule has 5 heteroatoms. The summed E-state index contributed by atoms with van der Waals surface area (Å²) < 4.78 is 6.35. The van der Waals surface area contributed by atoms with Crippen molar-refractivity contribution in [1.29, 1.82) is 0 Å². The Morgan fingerprint density at radius 1 is 0.680 bits per heavy atom. The normalized spacial score (nSPS) is 11.5. The molecule has 4 aromatic carbocycles. The molecule has 50 heavy (non-hydrogen) atoms. The van der Waals surface area contributed by atoms with E-state index in [4.69, 9.17) is 4.42 Å². The first-order chi connectivity index (χ1) is 23.6. The summed E-state index contributed by atoms with van der Waals surface area (Å²) in [7, 11) is -1.34. The van der Waals surface area contributed by atoms with Crippen molar-refractivity contribution in [3.05, 3.63) is 139 Å². The third-order valence-corrected chi connectivity index (χ3v) is 10.7. The van der Waals surface area contributed by atoms with E-state index in [1.165, 1.54) is 21.9 Å². The predicted molar refractivity (Wildman–Crippen MR) is 210 cm³/mol. The van der Waals surface area contributed by atoms with E-state index in [0.717, 1.165) is 62.9 Å². The SMILES string of the molecule is CC(C)Cc1cc(-c2[c-]cccc2)ncc1[Si](C)(C)C.CC(C)Cc1ccnc(-c2[c-]ccc3c2oc2cc(-c4ccccc4)ccc23)c1.[Ir]. The van der Waals surface area contributed by atoms with Gasteiger partial charge in [-0.15, -0.1) is 54.1 Å². The van der Waals surface area contributed by atoms with Gasteiger partial charge in [-0.2, -0.15) is 0 Å². The Kier molecular flexibility index (Phi) is 12.1. The Hall–Kier alpha value is -4.15. The fourth-order valence-electron chi connectivity index (χ4n) is 6.43. The second kappa shape index (κ2) is 16.2. The van der Waals surface area contributed by atoms with Gasteiger partial charge in [-0.3, -0.25) is 0 Å². The third-order valence-electron chi connectivity index (χ3n) is 8.68. The van der Waals surface area contributed by atoms with Crippen molar-refractivity contribution in [2.45, 2.75) is 60.2 Å². The molecule has 3 aromatic heterocycles. The summed E-state index contributed by atoms with van der Waals surface area (Å²) >= 11 is 0. The smallest absolute Gasteiger partial charge is 0.121 e. The van der Waals surface area contributed by atoms with E-state index in [0.29, 0.717) is 11.8 Å². The molecule has 0 amide bonds. The first-order valence-electron chi connectivity index (χ1n) is 17.4. The maximum absolute atomic E-state index is 6.35. The molecule has 0 saturated carbocycles. The van der Waals surface area contributed by atoms with Gasteiger partial charge in [-0.25, -0.2) is 0 Å². The van der Waals surface area contributed by atoms with Crippen LogP contribution in [0.15, 0.2) is 120 Å². The van der Waals surface area contributed by atoms with Gasteiger partial charge in [-0.05, 0) is 64.5 Å². The molecule has 0 N–H and O–H groups in total. The monoisotopic (exact) mass is 851 g/mol. The van der Waals surface area contributed by atoms with Crippen LogP contribution in [0.25, 0.3) is 55.6 Å². The third kappa shape index (κ3) is 8.76. The van der Waals surface area contributed by atoms with Crippen LogP contribution in [0.3, 0.4) is 0 Å². The minimum absolute atomic E-state index is 0. The number of furan rings is 1. The van der Waals surface area contributed by atoms with E-state index in [9.17, 15) is 0 Å². The van der Waals surface area contributed by atoms with E-state index in [1.54, 1.807) is 0 Å². The van der Waals surface area contributed by atoms with Gasteiger partial charge in [0.05, 0.1) is 13.7 Å². The van der Waals surface area contributed by atoms with Gasteiger partial charge in [0.2, 0.25) is 0 Å². The van der Waals surface area contributed by atoms with Crippen molar-refractivity contribution in [3.8, 4) is 33.6 Å². The number of hydrogen-bond donors (Lipinski definition) is 0. The molecule has 3 nitrogen and oxygen atoms in total. The molecular formula is C45H46IrN2OSi-2. The van der Waals surface area contributed by atoms with E-state index in [2.05, 4.69) is 148 Å². The Morgan fingerprint density at radius 2 is 1.44 bits per heavy atom. The van der Waals surface area contributed by atoms with E-state index in [-0.39, 0.29) is 20.1 Å². The molecule has 0 atom stereocenters. The van der Waals surface area contributed by atoms with Gasteiger partial charge in [0.1, 0.15) is 5.58 Å². The summed E-state index contributed by atoms with van der Waals surface area (Å²) in [6, 6.07) is 42.1. The van der Waals surface area contributed by atoms with E-state index < -0.39 is 8.07 Å². The molecule has 1 radical (unpaired) electrons. The summed E-state index contributed by atoms with van der Waals surface area (Å²) in [5.41, 5.74) is 10.8. The standard InChI is InChI=1S/C27H22NO.C18H24NSi.Ir/c1-18(2)15-19-13-14-28-25(16-19)24-10-6-9-23-22-12-11-21(17-26(22)29-27(23)24)20-7-4-3-5-8-20;1-14(2)11-16-12-17(15-9-7-6-8-10-15)19-13-18(16)20(3,4)5;/h3-9,11-14,16-18H,15H2,1-2H3;6-9,12-14H,11H2,1-5H3;/q2*-1;. The van der Waals surface area contributed by atoms with Crippen molar-refractivity contribution < 1.29 is 24.5 Å². The van der Waals surface area contributed by atoms with Crippen LogP contribution < -0.4 is 5.19 Å². The van der Waals surface area contributed by atoms with Gasteiger partial charge >= 0.3 is 0 Å². The molecule has 0 aliphatic rings. The van der Waals surface area contributed by atoms with Gasteiger partial charge < -0.3 is 14.4 Å². The number of hydrogen-bond acceptors (Lipinski definition) is 3. The van der Waals surface area contributed by atoms with Crippen molar-refractivity contribution in [1.82, 2.24) is 9.97 Å². The van der Waals surface area contributed by atoms with Crippen LogP contribution in [-0.2, 0) is 32.9 Å². The minimum Gasteiger partial charge on any atom is -0.501 e. The first-order valence-corrected chi connectivity index (χ1v) is 20.9. The average molecular weight is 851 g/mol. The molecule has 3 heterocycles.